The van der Waals surface area contributed by atoms with E-state index in [1.54, 1.807) is 19.1 Å². The van der Waals surface area contributed by atoms with E-state index in [1.165, 1.54) is 0 Å². The van der Waals surface area contributed by atoms with Crippen LogP contribution >= 0.6 is 0 Å². The number of ether oxygens (including phenoxy) is 3. The van der Waals surface area contributed by atoms with Crippen molar-refractivity contribution in [2.45, 2.75) is 78.0 Å². The SMILES string of the molecule is COc1cccc([C@H]2O[C@H](CC(=O)N3CCCC(C(=O)O)C3)C(=O)N3c4c(cc(C)cc42)CC[C@H]3C(C)(C)C)c1OC. The lowest BCUT2D eigenvalue weighted by atomic mass is 9.77. The zero-order valence-electron chi connectivity index (χ0n) is 25.4. The monoisotopic (exact) mass is 578 g/mol. The molecule has 2 amide bonds. The van der Waals surface area contributed by atoms with E-state index in [1.807, 2.05) is 30.0 Å². The van der Waals surface area contributed by atoms with Gasteiger partial charge in [-0.15, -0.1) is 0 Å². The molecular weight excluding hydrogens is 536 g/mol. The van der Waals surface area contributed by atoms with Gasteiger partial charge in [-0.25, -0.2) is 0 Å². The first-order chi connectivity index (χ1) is 19.9. The molecule has 0 aromatic heterocycles. The second kappa shape index (κ2) is 11.6. The topological polar surface area (TPSA) is 106 Å². The van der Waals surface area contributed by atoms with Crippen LogP contribution in [0.5, 0.6) is 11.5 Å². The predicted molar refractivity (Wildman–Crippen MR) is 158 cm³/mol. The lowest BCUT2D eigenvalue weighted by molar-refractivity contribution is -0.149. The number of carboxylic acid groups (broad SMARTS) is 1. The van der Waals surface area contributed by atoms with E-state index in [-0.39, 0.29) is 36.2 Å². The number of benzene rings is 2. The number of piperidine rings is 1. The normalized spacial score (nSPS) is 24.1. The van der Waals surface area contributed by atoms with Gasteiger partial charge >= 0.3 is 5.97 Å². The summed E-state index contributed by atoms with van der Waals surface area (Å²) in [5.41, 5.74) is 4.34. The molecule has 0 saturated carbocycles. The standard InChI is InChI=1S/C33H42N2O7/c1-19-15-20-12-13-26(33(2,3)4)35-28(20)23(16-19)29(22-10-7-11-24(40-5)30(22)41-6)42-25(31(35)37)17-27(36)34-14-8-9-21(18-34)32(38)39/h7,10-11,15-16,21,25-26,29H,8-9,12-14,17-18H2,1-6H3,(H,38,39)/t21?,25-,26+,29-/m1/s1. The fourth-order valence-corrected chi connectivity index (χ4v) is 6.87. The fourth-order valence-electron chi connectivity index (χ4n) is 6.87. The fraction of sp³-hybridized carbons (Fsp3) is 0.545. The number of likely N-dealkylation sites (tertiary alicyclic amines) is 1. The Bertz CT molecular complexity index is 1380. The van der Waals surface area contributed by atoms with E-state index in [9.17, 15) is 19.5 Å². The first-order valence-electron chi connectivity index (χ1n) is 14.8. The second-order valence-corrected chi connectivity index (χ2v) is 12.8. The molecule has 2 aromatic carbocycles. The average Bonchev–Trinajstić information content (AvgIpc) is 3.07. The Morgan fingerprint density at radius 2 is 1.86 bits per heavy atom. The Morgan fingerprint density at radius 3 is 2.52 bits per heavy atom. The third kappa shape index (κ3) is 5.46. The maximum absolute atomic E-state index is 14.6. The van der Waals surface area contributed by atoms with Gasteiger partial charge in [0.15, 0.2) is 11.5 Å². The highest BCUT2D eigenvalue weighted by molar-refractivity contribution is 6.02. The van der Waals surface area contributed by atoms with E-state index >= 15 is 0 Å². The molecule has 42 heavy (non-hydrogen) atoms. The van der Waals surface area contributed by atoms with Crippen LogP contribution in [-0.4, -0.2) is 67.2 Å². The molecule has 9 heteroatoms. The van der Waals surface area contributed by atoms with Crippen molar-refractivity contribution in [3.8, 4) is 11.5 Å². The van der Waals surface area contributed by atoms with Gasteiger partial charge in [0.05, 0.1) is 32.2 Å². The number of para-hydroxylation sites is 1. The van der Waals surface area contributed by atoms with Crippen LogP contribution in [0.1, 0.15) is 74.8 Å². The zero-order valence-corrected chi connectivity index (χ0v) is 25.4. The summed E-state index contributed by atoms with van der Waals surface area (Å²) in [7, 11) is 3.15. The minimum Gasteiger partial charge on any atom is -0.493 e. The van der Waals surface area contributed by atoms with E-state index < -0.39 is 24.1 Å². The van der Waals surface area contributed by atoms with Crippen molar-refractivity contribution in [2.75, 3.05) is 32.2 Å². The highest BCUT2D eigenvalue weighted by atomic mass is 16.5. The number of hydrogen-bond donors (Lipinski definition) is 1. The lowest BCUT2D eigenvalue weighted by Crippen LogP contribution is -2.54. The van der Waals surface area contributed by atoms with Crippen LogP contribution in [0, 0.1) is 18.3 Å². The van der Waals surface area contributed by atoms with Gasteiger partial charge in [-0.2, -0.15) is 0 Å². The van der Waals surface area contributed by atoms with Gasteiger partial charge in [0.2, 0.25) is 5.91 Å². The van der Waals surface area contributed by atoms with Crippen LogP contribution in [-0.2, 0) is 25.5 Å². The highest BCUT2D eigenvalue weighted by Gasteiger charge is 2.47. The van der Waals surface area contributed by atoms with Crippen LogP contribution in [0.2, 0.25) is 0 Å². The summed E-state index contributed by atoms with van der Waals surface area (Å²) in [5, 5.41) is 9.57. The molecule has 3 aliphatic rings. The number of aliphatic carboxylic acids is 1. The Kier molecular flexibility index (Phi) is 8.25. The quantitative estimate of drug-likeness (QED) is 0.519. The van der Waals surface area contributed by atoms with Crippen molar-refractivity contribution in [1.82, 2.24) is 4.90 Å². The molecule has 2 aromatic rings. The Hall–Kier alpha value is -3.59. The van der Waals surface area contributed by atoms with Crippen LogP contribution in [0.15, 0.2) is 30.3 Å². The maximum Gasteiger partial charge on any atom is 0.308 e. The van der Waals surface area contributed by atoms with Gasteiger partial charge in [0.25, 0.3) is 5.91 Å². The summed E-state index contributed by atoms with van der Waals surface area (Å²) in [5.74, 6) is -0.980. The van der Waals surface area contributed by atoms with Crippen molar-refractivity contribution >= 4 is 23.5 Å². The van der Waals surface area contributed by atoms with Crippen LogP contribution in [0.25, 0.3) is 0 Å². The summed E-state index contributed by atoms with van der Waals surface area (Å²) in [4.78, 5) is 43.4. The summed E-state index contributed by atoms with van der Waals surface area (Å²) >= 11 is 0. The Labute approximate surface area is 247 Å². The van der Waals surface area contributed by atoms with E-state index in [0.717, 1.165) is 35.2 Å². The smallest absolute Gasteiger partial charge is 0.308 e. The molecule has 1 fully saturated rings. The number of amides is 2. The summed E-state index contributed by atoms with van der Waals surface area (Å²) in [6.07, 6.45) is 0.807. The molecule has 0 aliphatic carbocycles. The first-order valence-corrected chi connectivity index (χ1v) is 14.8. The molecule has 3 heterocycles. The van der Waals surface area contributed by atoms with Crippen LogP contribution in [0.3, 0.4) is 0 Å². The number of rotatable bonds is 6. The molecule has 5 rings (SSSR count). The number of carbonyl (C=O) groups is 3. The first kappa shape index (κ1) is 29.9. The summed E-state index contributed by atoms with van der Waals surface area (Å²) in [6, 6.07) is 9.70. The number of hydrogen-bond acceptors (Lipinski definition) is 6. The van der Waals surface area contributed by atoms with E-state index in [0.29, 0.717) is 36.4 Å². The zero-order chi connectivity index (χ0) is 30.3. The van der Waals surface area contributed by atoms with E-state index in [2.05, 4.69) is 32.9 Å². The van der Waals surface area contributed by atoms with Crippen LogP contribution in [0.4, 0.5) is 5.69 Å². The van der Waals surface area contributed by atoms with Crippen molar-refractivity contribution < 1.29 is 33.7 Å². The van der Waals surface area contributed by atoms with Gasteiger partial charge in [-0.3, -0.25) is 14.4 Å². The molecular formula is C33H42N2O7. The average molecular weight is 579 g/mol. The Balaban J connectivity index is 1.64. The molecule has 0 spiro atoms. The third-order valence-corrected chi connectivity index (χ3v) is 8.90. The minimum absolute atomic E-state index is 0.0995. The number of anilines is 1. The highest BCUT2D eigenvalue weighted by Crippen LogP contribution is 2.50. The largest absolute Gasteiger partial charge is 0.493 e. The van der Waals surface area contributed by atoms with Gasteiger partial charge in [-0.05, 0) is 49.7 Å². The Morgan fingerprint density at radius 1 is 1.10 bits per heavy atom. The number of carbonyl (C=O) groups excluding carboxylic acids is 2. The van der Waals surface area contributed by atoms with E-state index in [4.69, 9.17) is 14.2 Å². The number of aryl methyl sites for hydroxylation is 2. The molecule has 1 saturated heterocycles. The second-order valence-electron chi connectivity index (χ2n) is 12.8. The molecule has 1 unspecified atom stereocenters. The maximum atomic E-state index is 14.6. The van der Waals surface area contributed by atoms with Crippen LogP contribution < -0.4 is 14.4 Å². The molecule has 0 bridgehead atoms. The lowest BCUT2D eigenvalue weighted by Gasteiger charge is -2.45. The molecule has 226 valence electrons. The van der Waals surface area contributed by atoms with Crippen molar-refractivity contribution in [3.05, 3.63) is 52.6 Å². The molecule has 9 nitrogen and oxygen atoms in total. The third-order valence-electron chi connectivity index (χ3n) is 8.90. The molecule has 0 radical (unpaired) electrons. The molecule has 4 atom stereocenters. The number of nitrogens with zero attached hydrogens (tertiary/aromatic N) is 2. The van der Waals surface area contributed by atoms with Crippen molar-refractivity contribution in [1.29, 1.82) is 0 Å². The summed E-state index contributed by atoms with van der Waals surface area (Å²) < 4.78 is 18.2. The molecule has 1 N–H and O–H groups in total. The van der Waals surface area contributed by atoms with Crippen molar-refractivity contribution in [2.24, 2.45) is 11.3 Å². The number of carboxylic acids is 1. The predicted octanol–water partition coefficient (Wildman–Crippen LogP) is 4.91. The van der Waals surface area contributed by atoms with Gasteiger partial charge in [0, 0.05) is 30.3 Å². The minimum atomic E-state index is -1.08. The van der Waals surface area contributed by atoms with Gasteiger partial charge in [0.1, 0.15) is 12.2 Å². The van der Waals surface area contributed by atoms with Gasteiger partial charge < -0.3 is 29.1 Å². The van der Waals surface area contributed by atoms with Gasteiger partial charge in [-0.1, -0.05) is 50.6 Å². The van der Waals surface area contributed by atoms with Crippen molar-refractivity contribution in [3.63, 3.8) is 0 Å². The number of methoxy groups -OCH3 is 2. The summed E-state index contributed by atoms with van der Waals surface area (Å²) in [6.45, 7) is 9.06. The molecule has 3 aliphatic heterocycles.